The fourth-order valence-electron chi connectivity index (χ4n) is 4.48. The monoisotopic (exact) mass is 552 g/mol. The van der Waals surface area contributed by atoms with Crippen molar-refractivity contribution in [3.63, 3.8) is 0 Å². The lowest BCUT2D eigenvalue weighted by Crippen LogP contribution is -2.49. The molecule has 0 spiro atoms. The van der Waals surface area contributed by atoms with Gasteiger partial charge in [0.1, 0.15) is 18.5 Å². The van der Waals surface area contributed by atoms with Gasteiger partial charge in [-0.1, -0.05) is 17.7 Å². The number of aromatic amines is 1. The van der Waals surface area contributed by atoms with Crippen LogP contribution in [0.3, 0.4) is 0 Å². The molecule has 1 aromatic heterocycles. The van der Waals surface area contributed by atoms with Crippen LogP contribution >= 0.6 is 0 Å². The predicted molar refractivity (Wildman–Crippen MR) is 135 cm³/mol. The maximum absolute atomic E-state index is 12.9. The molecular formula is C23H32N6O8S. The van der Waals surface area contributed by atoms with Gasteiger partial charge in [0.15, 0.2) is 0 Å². The maximum atomic E-state index is 12.9. The minimum Gasteiger partial charge on any atom is -0.480 e. The molecule has 2 amide bonds. The summed E-state index contributed by atoms with van der Waals surface area (Å²) in [5.41, 5.74) is 1.82. The molecule has 15 heteroatoms. The van der Waals surface area contributed by atoms with E-state index in [0.29, 0.717) is 29.9 Å². The standard InChI is InChI=1S/C23H32N6O8S/c1-13-6-14(2)21(15(3)7-13)38(35,36)28-18(22(31)32)10-25-20(30)12-37-17-8-16(29(11-17)23(33)34)9-24-19-4-5-26-27-19/h4-7,16-18,28H,8-12H2,1-3H3,(H,25,30)(H,31,32)(H,33,34)(H2,24,26,27). The highest BCUT2D eigenvalue weighted by molar-refractivity contribution is 7.89. The van der Waals surface area contributed by atoms with E-state index in [2.05, 4.69) is 25.6 Å². The van der Waals surface area contributed by atoms with Crippen LogP contribution < -0.4 is 15.4 Å². The van der Waals surface area contributed by atoms with E-state index in [9.17, 15) is 33.0 Å². The van der Waals surface area contributed by atoms with Crippen LogP contribution in [0.2, 0.25) is 0 Å². The normalized spacial score (nSPS) is 18.2. The summed E-state index contributed by atoms with van der Waals surface area (Å²) in [6.07, 6.45) is 0.230. The molecule has 1 aliphatic heterocycles. The second-order valence-electron chi connectivity index (χ2n) is 9.15. The number of rotatable bonds is 12. The van der Waals surface area contributed by atoms with Crippen LogP contribution in [-0.2, 0) is 24.3 Å². The Labute approximate surface area is 219 Å². The highest BCUT2D eigenvalue weighted by Crippen LogP contribution is 2.22. The van der Waals surface area contributed by atoms with Crippen LogP contribution in [0.5, 0.6) is 0 Å². The molecule has 0 bridgehead atoms. The molecule has 3 unspecified atom stereocenters. The Morgan fingerprint density at radius 1 is 1.21 bits per heavy atom. The Morgan fingerprint density at radius 3 is 2.47 bits per heavy atom. The first kappa shape index (κ1) is 28.9. The van der Waals surface area contributed by atoms with Gasteiger partial charge in [0.05, 0.1) is 29.8 Å². The van der Waals surface area contributed by atoms with E-state index in [1.54, 1.807) is 38.2 Å². The SMILES string of the molecule is Cc1cc(C)c(S(=O)(=O)NC(CNC(=O)COC2CC(CNc3ccn[nH]3)N(C(=O)O)C2)C(=O)O)c(C)c1. The third kappa shape index (κ3) is 7.43. The van der Waals surface area contributed by atoms with Gasteiger partial charge in [0, 0.05) is 13.1 Å². The summed E-state index contributed by atoms with van der Waals surface area (Å²) >= 11 is 0. The summed E-state index contributed by atoms with van der Waals surface area (Å²) in [5.74, 6) is -1.49. The van der Waals surface area contributed by atoms with Crippen molar-refractivity contribution in [1.29, 1.82) is 0 Å². The Hall–Kier alpha value is -3.69. The molecule has 1 aromatic carbocycles. The van der Waals surface area contributed by atoms with Crippen molar-refractivity contribution in [2.45, 2.75) is 50.3 Å². The number of aliphatic carboxylic acids is 1. The van der Waals surface area contributed by atoms with Gasteiger partial charge >= 0.3 is 12.1 Å². The first-order valence-corrected chi connectivity index (χ1v) is 13.3. The minimum atomic E-state index is -4.18. The summed E-state index contributed by atoms with van der Waals surface area (Å²) in [6, 6.07) is 3.05. The molecule has 1 fully saturated rings. The zero-order valence-electron chi connectivity index (χ0n) is 21.2. The largest absolute Gasteiger partial charge is 0.480 e. The molecule has 3 rings (SSSR count). The van der Waals surface area contributed by atoms with E-state index < -0.39 is 59.3 Å². The van der Waals surface area contributed by atoms with Gasteiger partial charge < -0.3 is 30.5 Å². The molecule has 2 aromatic rings. The number of H-pyrrole nitrogens is 1. The van der Waals surface area contributed by atoms with Crippen molar-refractivity contribution in [3.8, 4) is 0 Å². The molecule has 38 heavy (non-hydrogen) atoms. The number of nitrogens with one attached hydrogen (secondary N) is 4. The van der Waals surface area contributed by atoms with E-state index in [4.69, 9.17) is 4.74 Å². The number of aromatic nitrogens is 2. The molecule has 0 saturated carbocycles. The van der Waals surface area contributed by atoms with Crippen LogP contribution in [0.25, 0.3) is 0 Å². The average Bonchev–Trinajstić information content (AvgIpc) is 3.47. The number of carbonyl (C=O) groups excluding carboxylic acids is 1. The third-order valence-corrected chi connectivity index (χ3v) is 7.85. The molecule has 0 radical (unpaired) electrons. The lowest BCUT2D eigenvalue weighted by molar-refractivity contribution is -0.139. The number of ether oxygens (including phenoxy) is 1. The molecule has 6 N–H and O–H groups in total. The van der Waals surface area contributed by atoms with E-state index in [1.165, 1.54) is 4.90 Å². The van der Waals surface area contributed by atoms with Crippen molar-refractivity contribution in [2.24, 2.45) is 0 Å². The van der Waals surface area contributed by atoms with Gasteiger partial charge in [-0.3, -0.25) is 14.7 Å². The van der Waals surface area contributed by atoms with E-state index in [0.717, 1.165) is 5.56 Å². The number of carboxylic acids is 1. The number of hydrogen-bond donors (Lipinski definition) is 6. The molecule has 0 aliphatic carbocycles. The zero-order valence-corrected chi connectivity index (χ0v) is 22.0. The van der Waals surface area contributed by atoms with E-state index >= 15 is 0 Å². The van der Waals surface area contributed by atoms with E-state index in [1.807, 2.05) is 6.92 Å². The fourth-order valence-corrected chi connectivity index (χ4v) is 6.12. The highest BCUT2D eigenvalue weighted by Gasteiger charge is 2.36. The summed E-state index contributed by atoms with van der Waals surface area (Å²) in [4.78, 5) is 36.9. The number of carbonyl (C=O) groups is 3. The molecule has 14 nitrogen and oxygen atoms in total. The van der Waals surface area contributed by atoms with Crippen molar-refractivity contribution >= 4 is 33.8 Å². The van der Waals surface area contributed by atoms with Gasteiger partial charge in [-0.05, 0) is 44.4 Å². The minimum absolute atomic E-state index is 0.00944. The molecule has 208 valence electrons. The fraction of sp³-hybridized carbons (Fsp3) is 0.478. The molecular weight excluding hydrogens is 520 g/mol. The van der Waals surface area contributed by atoms with Gasteiger partial charge in [-0.25, -0.2) is 13.2 Å². The summed E-state index contributed by atoms with van der Waals surface area (Å²) < 4.78 is 33.5. The van der Waals surface area contributed by atoms with Crippen LogP contribution in [-0.4, -0.2) is 96.1 Å². The molecule has 1 aliphatic rings. The predicted octanol–water partition coefficient (Wildman–Crippen LogP) is 0.432. The van der Waals surface area contributed by atoms with Crippen molar-refractivity contribution in [3.05, 3.63) is 41.1 Å². The second-order valence-corrected chi connectivity index (χ2v) is 10.8. The number of nitrogens with zero attached hydrogens (tertiary/aromatic N) is 2. The molecule has 1 saturated heterocycles. The van der Waals surface area contributed by atoms with E-state index in [-0.39, 0.29) is 11.4 Å². The van der Waals surface area contributed by atoms with Gasteiger partial charge in [0.25, 0.3) is 0 Å². The Bertz CT molecular complexity index is 1240. The summed E-state index contributed by atoms with van der Waals surface area (Å²) in [5, 5.41) is 31.0. The number of carboxylic acid groups (broad SMARTS) is 2. The lowest BCUT2D eigenvalue weighted by atomic mass is 10.1. The van der Waals surface area contributed by atoms with Gasteiger partial charge in [-0.2, -0.15) is 9.82 Å². The molecule has 3 atom stereocenters. The Kier molecular flexibility index (Phi) is 9.30. The number of aryl methyl sites for hydroxylation is 3. The second kappa shape index (κ2) is 12.2. The number of likely N-dealkylation sites (tertiary alicyclic amines) is 1. The number of anilines is 1. The smallest absolute Gasteiger partial charge is 0.407 e. The third-order valence-electron chi connectivity index (χ3n) is 6.07. The van der Waals surface area contributed by atoms with Gasteiger partial charge in [-0.15, -0.1) is 0 Å². The Morgan fingerprint density at radius 2 is 1.89 bits per heavy atom. The highest BCUT2D eigenvalue weighted by atomic mass is 32.2. The summed E-state index contributed by atoms with van der Waals surface area (Å²) in [7, 11) is -4.18. The lowest BCUT2D eigenvalue weighted by Gasteiger charge is -2.21. The van der Waals surface area contributed by atoms with Crippen LogP contribution in [0, 0.1) is 20.8 Å². The van der Waals surface area contributed by atoms with Crippen LogP contribution in [0.15, 0.2) is 29.3 Å². The number of amides is 2. The zero-order chi connectivity index (χ0) is 28.0. The van der Waals surface area contributed by atoms with Crippen molar-refractivity contribution < 1.29 is 37.8 Å². The topological polar surface area (TPSA) is 203 Å². The number of sulfonamides is 1. The first-order valence-electron chi connectivity index (χ1n) is 11.8. The van der Waals surface area contributed by atoms with Gasteiger partial charge in [0.2, 0.25) is 15.9 Å². The van der Waals surface area contributed by atoms with Crippen molar-refractivity contribution in [2.75, 3.05) is 31.6 Å². The first-order chi connectivity index (χ1) is 17.9. The average molecular weight is 553 g/mol. The number of hydrogen-bond acceptors (Lipinski definition) is 8. The number of benzene rings is 1. The summed E-state index contributed by atoms with van der Waals surface area (Å²) in [6.45, 7) is 4.47. The maximum Gasteiger partial charge on any atom is 0.407 e. The van der Waals surface area contributed by atoms with Crippen LogP contribution in [0.1, 0.15) is 23.1 Å². The quantitative estimate of drug-likeness (QED) is 0.214. The van der Waals surface area contributed by atoms with Crippen LogP contribution in [0.4, 0.5) is 10.6 Å². The molecule has 2 heterocycles. The Balaban J connectivity index is 1.52. The van der Waals surface area contributed by atoms with Crippen molar-refractivity contribution in [1.82, 2.24) is 25.1 Å².